The second kappa shape index (κ2) is 5.82. The van der Waals surface area contributed by atoms with Crippen LogP contribution in [0.25, 0.3) is 0 Å². The van der Waals surface area contributed by atoms with Gasteiger partial charge in [-0.15, -0.1) is 0 Å². The number of nitriles is 1. The average Bonchev–Trinajstić information content (AvgIpc) is 2.35. The van der Waals surface area contributed by atoms with Gasteiger partial charge >= 0.3 is 0 Å². The van der Waals surface area contributed by atoms with E-state index in [1.165, 1.54) is 12.1 Å². The monoisotopic (exact) mass is 237 g/mol. The average molecular weight is 237 g/mol. The molecule has 0 radical (unpaired) electrons. The maximum Gasteiger partial charge on any atom is 0.274 e. The molecule has 0 aliphatic rings. The highest BCUT2D eigenvalue weighted by Crippen LogP contribution is 2.18. The summed E-state index contributed by atoms with van der Waals surface area (Å²) in [6.45, 7) is 1.74. The van der Waals surface area contributed by atoms with E-state index in [0.717, 1.165) is 6.07 Å². The van der Waals surface area contributed by atoms with E-state index in [0.29, 0.717) is 6.42 Å². The molecular weight excluding hydrogens is 225 g/mol. The van der Waals surface area contributed by atoms with Gasteiger partial charge in [-0.25, -0.2) is 10.2 Å². The molecule has 0 aliphatic carbocycles. The lowest BCUT2D eigenvalue weighted by Gasteiger charge is -2.15. The fraction of sp³-hybridized carbons (Fsp3) is 0.273. The van der Waals surface area contributed by atoms with Crippen LogP contribution >= 0.6 is 0 Å². The van der Waals surface area contributed by atoms with E-state index in [-0.39, 0.29) is 11.3 Å². The number of carbonyl (C=O) groups excluding carboxylic acids is 1. The second-order valence-corrected chi connectivity index (χ2v) is 3.28. The van der Waals surface area contributed by atoms with Crippen molar-refractivity contribution in [1.29, 1.82) is 5.26 Å². The Balaban J connectivity index is 2.85. The molecule has 0 spiro atoms. The van der Waals surface area contributed by atoms with Gasteiger partial charge in [-0.3, -0.25) is 10.2 Å². The lowest BCUT2D eigenvalue weighted by Crippen LogP contribution is -2.41. The third-order valence-electron chi connectivity index (χ3n) is 2.14. The third kappa shape index (κ3) is 3.16. The molecule has 0 saturated carbocycles. The molecule has 1 atom stereocenters. The number of ether oxygens (including phenoxy) is 1. The Morgan fingerprint density at radius 2 is 2.41 bits per heavy atom. The van der Waals surface area contributed by atoms with Crippen LogP contribution in [-0.2, 0) is 4.79 Å². The first kappa shape index (κ1) is 12.9. The van der Waals surface area contributed by atoms with E-state index in [2.05, 4.69) is 0 Å². The van der Waals surface area contributed by atoms with Crippen molar-refractivity contribution < 1.29 is 13.9 Å². The van der Waals surface area contributed by atoms with E-state index in [1.807, 2.05) is 5.43 Å². The van der Waals surface area contributed by atoms with Crippen molar-refractivity contribution in [3.8, 4) is 11.8 Å². The maximum absolute atomic E-state index is 13.3. The third-order valence-corrected chi connectivity index (χ3v) is 2.14. The highest BCUT2D eigenvalue weighted by Gasteiger charge is 2.17. The summed E-state index contributed by atoms with van der Waals surface area (Å²) in [4.78, 5) is 11.2. The molecule has 17 heavy (non-hydrogen) atoms. The fourth-order valence-electron chi connectivity index (χ4n) is 1.24. The predicted octanol–water partition coefficient (Wildman–Crippen LogP) is 0.845. The molecule has 1 unspecified atom stereocenters. The van der Waals surface area contributed by atoms with Crippen molar-refractivity contribution >= 4 is 5.91 Å². The molecular formula is C11H12FN3O2. The summed E-state index contributed by atoms with van der Waals surface area (Å²) in [5.41, 5.74) is 1.89. The van der Waals surface area contributed by atoms with Crippen molar-refractivity contribution in [2.75, 3.05) is 0 Å². The summed E-state index contributed by atoms with van der Waals surface area (Å²) < 4.78 is 18.5. The Kier molecular flexibility index (Phi) is 4.43. The van der Waals surface area contributed by atoms with Gasteiger partial charge in [0, 0.05) is 6.07 Å². The summed E-state index contributed by atoms with van der Waals surface area (Å²) in [5.74, 6) is 3.98. The van der Waals surface area contributed by atoms with Gasteiger partial charge in [0.15, 0.2) is 6.10 Å². The highest BCUT2D eigenvalue weighted by molar-refractivity contribution is 5.80. The lowest BCUT2D eigenvalue weighted by atomic mass is 10.2. The van der Waals surface area contributed by atoms with Crippen molar-refractivity contribution in [3.05, 3.63) is 29.6 Å². The molecule has 6 heteroatoms. The van der Waals surface area contributed by atoms with Gasteiger partial charge in [-0.1, -0.05) is 6.92 Å². The van der Waals surface area contributed by atoms with Gasteiger partial charge in [0.05, 0.1) is 5.56 Å². The molecule has 0 aromatic heterocycles. The van der Waals surface area contributed by atoms with E-state index in [4.69, 9.17) is 15.8 Å². The Bertz CT molecular complexity index is 457. The minimum Gasteiger partial charge on any atom is -0.480 e. The first-order valence-electron chi connectivity index (χ1n) is 4.99. The van der Waals surface area contributed by atoms with Gasteiger partial charge in [-0.2, -0.15) is 5.26 Å². The molecule has 1 amide bonds. The quantitative estimate of drug-likeness (QED) is 0.461. The van der Waals surface area contributed by atoms with E-state index < -0.39 is 17.8 Å². The van der Waals surface area contributed by atoms with Gasteiger partial charge < -0.3 is 4.74 Å². The number of amides is 1. The van der Waals surface area contributed by atoms with Crippen LogP contribution in [0.4, 0.5) is 4.39 Å². The van der Waals surface area contributed by atoms with Gasteiger partial charge in [-0.05, 0) is 18.6 Å². The molecule has 1 aromatic rings. The van der Waals surface area contributed by atoms with Gasteiger partial charge in [0.2, 0.25) is 0 Å². The highest BCUT2D eigenvalue weighted by atomic mass is 19.1. The van der Waals surface area contributed by atoms with Crippen molar-refractivity contribution in [3.63, 3.8) is 0 Å². The number of rotatable bonds is 4. The van der Waals surface area contributed by atoms with E-state index >= 15 is 0 Å². The molecule has 0 bridgehead atoms. The number of nitrogens with zero attached hydrogens (tertiary/aromatic N) is 1. The summed E-state index contributed by atoms with van der Waals surface area (Å²) in [5, 5.41) is 8.55. The predicted molar refractivity (Wildman–Crippen MR) is 58.2 cm³/mol. The zero-order chi connectivity index (χ0) is 12.8. The number of nitrogens with one attached hydrogen (secondary N) is 1. The number of hydrogen-bond acceptors (Lipinski definition) is 4. The first-order chi connectivity index (χ1) is 8.12. The molecule has 0 fully saturated rings. The van der Waals surface area contributed by atoms with Crippen LogP contribution in [0.5, 0.6) is 5.75 Å². The first-order valence-corrected chi connectivity index (χ1v) is 4.99. The Morgan fingerprint density at radius 1 is 1.71 bits per heavy atom. The minimum absolute atomic E-state index is 0.0753. The Morgan fingerprint density at radius 3 is 2.88 bits per heavy atom. The standard InChI is InChI=1S/C11H12FN3O2/c1-2-10(11(16)15-14)17-8-4-3-7(6-13)9(12)5-8/h3-5,10H,2,14H2,1H3,(H,15,16). The normalized spacial score (nSPS) is 11.4. The lowest BCUT2D eigenvalue weighted by molar-refractivity contribution is -0.128. The minimum atomic E-state index is -0.785. The van der Waals surface area contributed by atoms with Gasteiger partial charge in [0.1, 0.15) is 17.6 Å². The Labute approximate surface area is 97.9 Å². The number of hydrogen-bond donors (Lipinski definition) is 2. The van der Waals surface area contributed by atoms with E-state index in [9.17, 15) is 9.18 Å². The molecule has 0 aliphatic heterocycles. The molecule has 0 saturated heterocycles. The van der Waals surface area contributed by atoms with Crippen LogP contribution in [0.3, 0.4) is 0 Å². The van der Waals surface area contributed by atoms with Gasteiger partial charge in [0.25, 0.3) is 5.91 Å². The Hall–Kier alpha value is -2.13. The number of halogens is 1. The molecule has 3 N–H and O–H groups in total. The summed E-state index contributed by atoms with van der Waals surface area (Å²) in [6, 6.07) is 5.47. The smallest absolute Gasteiger partial charge is 0.274 e. The molecule has 1 rings (SSSR count). The summed E-state index contributed by atoms with van der Waals surface area (Å²) in [7, 11) is 0. The molecule has 5 nitrogen and oxygen atoms in total. The van der Waals surface area contributed by atoms with Crippen LogP contribution in [0.1, 0.15) is 18.9 Å². The van der Waals surface area contributed by atoms with E-state index in [1.54, 1.807) is 13.0 Å². The fourth-order valence-corrected chi connectivity index (χ4v) is 1.24. The van der Waals surface area contributed by atoms with Crippen LogP contribution in [0.2, 0.25) is 0 Å². The molecule has 0 heterocycles. The van der Waals surface area contributed by atoms with Crippen molar-refractivity contribution in [2.24, 2.45) is 5.84 Å². The summed E-state index contributed by atoms with van der Waals surface area (Å²) in [6.07, 6.45) is -0.391. The molecule has 90 valence electrons. The van der Waals surface area contributed by atoms with Crippen LogP contribution < -0.4 is 16.0 Å². The number of benzene rings is 1. The SMILES string of the molecule is CCC(Oc1ccc(C#N)c(F)c1)C(=O)NN. The van der Waals surface area contributed by atoms with Crippen LogP contribution in [0, 0.1) is 17.1 Å². The number of carbonyl (C=O) groups is 1. The van der Waals surface area contributed by atoms with Crippen molar-refractivity contribution in [2.45, 2.75) is 19.4 Å². The van der Waals surface area contributed by atoms with Crippen LogP contribution in [-0.4, -0.2) is 12.0 Å². The van der Waals surface area contributed by atoms with Crippen LogP contribution in [0.15, 0.2) is 18.2 Å². The maximum atomic E-state index is 13.3. The zero-order valence-corrected chi connectivity index (χ0v) is 9.24. The van der Waals surface area contributed by atoms with Crippen molar-refractivity contribution in [1.82, 2.24) is 5.43 Å². The topological polar surface area (TPSA) is 88.1 Å². The summed E-state index contributed by atoms with van der Waals surface area (Å²) >= 11 is 0. The zero-order valence-electron chi connectivity index (χ0n) is 9.24. The second-order valence-electron chi connectivity index (χ2n) is 3.28. The number of nitrogens with two attached hydrogens (primary N) is 1. The largest absolute Gasteiger partial charge is 0.480 e. The number of hydrazine groups is 1. The molecule has 1 aromatic carbocycles.